The van der Waals surface area contributed by atoms with Crippen molar-refractivity contribution in [1.82, 2.24) is 0 Å². The van der Waals surface area contributed by atoms with Crippen LogP contribution in [0.4, 0.5) is 5.69 Å². The maximum absolute atomic E-state index is 9.03. The summed E-state index contributed by atoms with van der Waals surface area (Å²) in [6.07, 6.45) is 0. The van der Waals surface area contributed by atoms with Crippen LogP contribution in [0.5, 0.6) is 0 Å². The lowest BCUT2D eigenvalue weighted by Crippen LogP contribution is -2.36. The number of ether oxygens (including phenoxy) is 1. The molecule has 0 unspecified atom stereocenters. The molecule has 0 amide bonds. The van der Waals surface area contributed by atoms with Crippen molar-refractivity contribution < 1.29 is 9.84 Å². The fourth-order valence-electron chi connectivity index (χ4n) is 1.97. The number of anilines is 1. The molecule has 1 heterocycles. The van der Waals surface area contributed by atoms with Gasteiger partial charge < -0.3 is 14.7 Å². The number of benzene rings is 1. The molecule has 3 nitrogen and oxygen atoms in total. The summed E-state index contributed by atoms with van der Waals surface area (Å²) in [5.74, 6) is 0. The van der Waals surface area contributed by atoms with Gasteiger partial charge in [-0.25, -0.2) is 0 Å². The quantitative estimate of drug-likeness (QED) is 0.794. The summed E-state index contributed by atoms with van der Waals surface area (Å²) in [5.41, 5.74) is 3.46. The Hall–Kier alpha value is -1.06. The summed E-state index contributed by atoms with van der Waals surface area (Å²) in [6, 6.07) is 6.12. The standard InChI is InChI=1S/C12H17NO2/c1-10-8-11(9-14)2-3-12(10)13-4-6-15-7-5-13/h2-3,8,14H,4-7,9H2,1H3. The highest BCUT2D eigenvalue weighted by Crippen LogP contribution is 2.22. The predicted octanol–water partition coefficient (Wildman–Crippen LogP) is 1.32. The second-order valence-electron chi connectivity index (χ2n) is 3.88. The second kappa shape index (κ2) is 4.64. The van der Waals surface area contributed by atoms with E-state index in [2.05, 4.69) is 17.9 Å². The Bertz CT molecular complexity index is 332. The number of rotatable bonds is 2. The first-order chi connectivity index (χ1) is 7.31. The molecule has 0 bridgehead atoms. The summed E-state index contributed by atoms with van der Waals surface area (Å²) < 4.78 is 5.32. The molecule has 1 N–H and O–H groups in total. The smallest absolute Gasteiger partial charge is 0.0681 e. The van der Waals surface area contributed by atoms with Gasteiger partial charge in [-0.15, -0.1) is 0 Å². The first-order valence-corrected chi connectivity index (χ1v) is 5.34. The molecule has 0 aliphatic carbocycles. The summed E-state index contributed by atoms with van der Waals surface area (Å²) in [6.45, 7) is 5.73. The molecule has 1 aromatic rings. The van der Waals surface area contributed by atoms with Crippen LogP contribution >= 0.6 is 0 Å². The lowest BCUT2D eigenvalue weighted by Gasteiger charge is -2.30. The van der Waals surface area contributed by atoms with Crippen molar-refractivity contribution in [3.8, 4) is 0 Å². The second-order valence-corrected chi connectivity index (χ2v) is 3.88. The van der Waals surface area contributed by atoms with E-state index in [1.165, 1.54) is 11.3 Å². The molecule has 1 aliphatic heterocycles. The molecule has 3 heteroatoms. The van der Waals surface area contributed by atoms with E-state index >= 15 is 0 Å². The van der Waals surface area contributed by atoms with Crippen LogP contribution in [-0.4, -0.2) is 31.4 Å². The van der Waals surface area contributed by atoms with Gasteiger partial charge in [-0.2, -0.15) is 0 Å². The summed E-state index contributed by atoms with van der Waals surface area (Å²) >= 11 is 0. The van der Waals surface area contributed by atoms with Gasteiger partial charge in [-0.05, 0) is 24.1 Å². The zero-order valence-electron chi connectivity index (χ0n) is 9.07. The van der Waals surface area contributed by atoms with Crippen molar-refractivity contribution in [3.05, 3.63) is 29.3 Å². The average molecular weight is 207 g/mol. The van der Waals surface area contributed by atoms with E-state index in [-0.39, 0.29) is 6.61 Å². The molecule has 0 atom stereocenters. The van der Waals surface area contributed by atoms with Crippen molar-refractivity contribution in [2.24, 2.45) is 0 Å². The van der Waals surface area contributed by atoms with Crippen molar-refractivity contribution in [1.29, 1.82) is 0 Å². The fourth-order valence-corrected chi connectivity index (χ4v) is 1.97. The van der Waals surface area contributed by atoms with E-state index in [0.717, 1.165) is 31.9 Å². The minimum Gasteiger partial charge on any atom is -0.392 e. The highest BCUT2D eigenvalue weighted by Gasteiger charge is 2.12. The monoisotopic (exact) mass is 207 g/mol. The molecule has 82 valence electrons. The van der Waals surface area contributed by atoms with Crippen LogP contribution in [0.1, 0.15) is 11.1 Å². The molecular weight excluding hydrogens is 190 g/mol. The first-order valence-electron chi connectivity index (χ1n) is 5.34. The Morgan fingerprint density at radius 2 is 2.07 bits per heavy atom. The maximum Gasteiger partial charge on any atom is 0.0681 e. The van der Waals surface area contributed by atoms with Crippen LogP contribution < -0.4 is 4.90 Å². The molecule has 1 aliphatic rings. The van der Waals surface area contributed by atoms with E-state index in [1.807, 2.05) is 12.1 Å². The summed E-state index contributed by atoms with van der Waals surface area (Å²) in [4.78, 5) is 2.33. The molecule has 1 saturated heterocycles. The normalized spacial score (nSPS) is 16.8. The molecule has 0 spiro atoms. The molecule has 1 aromatic carbocycles. The minimum absolute atomic E-state index is 0.115. The van der Waals surface area contributed by atoms with Crippen LogP contribution in [0, 0.1) is 6.92 Å². The Labute approximate surface area is 90.3 Å². The van der Waals surface area contributed by atoms with Crippen LogP contribution in [-0.2, 0) is 11.3 Å². The van der Waals surface area contributed by atoms with Crippen LogP contribution in [0.3, 0.4) is 0 Å². The number of hydrogen-bond donors (Lipinski definition) is 1. The van der Waals surface area contributed by atoms with Gasteiger partial charge in [0, 0.05) is 18.8 Å². The number of hydrogen-bond acceptors (Lipinski definition) is 3. The lowest BCUT2D eigenvalue weighted by molar-refractivity contribution is 0.122. The molecule has 15 heavy (non-hydrogen) atoms. The van der Waals surface area contributed by atoms with E-state index in [4.69, 9.17) is 9.84 Å². The van der Waals surface area contributed by atoms with Crippen LogP contribution in [0.2, 0.25) is 0 Å². The van der Waals surface area contributed by atoms with Gasteiger partial charge in [-0.3, -0.25) is 0 Å². The van der Waals surface area contributed by atoms with E-state index in [1.54, 1.807) is 0 Å². The largest absolute Gasteiger partial charge is 0.392 e. The van der Waals surface area contributed by atoms with Crippen molar-refractivity contribution in [2.45, 2.75) is 13.5 Å². The van der Waals surface area contributed by atoms with E-state index in [9.17, 15) is 0 Å². The van der Waals surface area contributed by atoms with E-state index in [0.29, 0.717) is 0 Å². The number of nitrogens with zero attached hydrogens (tertiary/aromatic N) is 1. The molecule has 0 aromatic heterocycles. The third-order valence-corrected chi connectivity index (χ3v) is 2.80. The molecule has 1 fully saturated rings. The Morgan fingerprint density at radius 1 is 1.33 bits per heavy atom. The third kappa shape index (κ3) is 2.30. The minimum atomic E-state index is 0.115. The highest BCUT2D eigenvalue weighted by molar-refractivity contribution is 5.54. The van der Waals surface area contributed by atoms with Crippen LogP contribution in [0.15, 0.2) is 18.2 Å². The van der Waals surface area contributed by atoms with E-state index < -0.39 is 0 Å². The topological polar surface area (TPSA) is 32.7 Å². The zero-order chi connectivity index (χ0) is 10.7. The molecule has 0 saturated carbocycles. The number of aryl methyl sites for hydroxylation is 1. The average Bonchev–Trinajstić information content (AvgIpc) is 2.30. The number of morpholine rings is 1. The molecule has 0 radical (unpaired) electrons. The highest BCUT2D eigenvalue weighted by atomic mass is 16.5. The van der Waals surface area contributed by atoms with Crippen LogP contribution in [0.25, 0.3) is 0 Å². The molecular formula is C12H17NO2. The summed E-state index contributed by atoms with van der Waals surface area (Å²) in [5, 5.41) is 9.03. The van der Waals surface area contributed by atoms with Crippen molar-refractivity contribution in [2.75, 3.05) is 31.2 Å². The molecule has 2 rings (SSSR count). The SMILES string of the molecule is Cc1cc(CO)ccc1N1CCOCC1. The van der Waals surface area contributed by atoms with Gasteiger partial charge in [0.15, 0.2) is 0 Å². The van der Waals surface area contributed by atoms with Crippen molar-refractivity contribution >= 4 is 5.69 Å². The Morgan fingerprint density at radius 3 is 2.67 bits per heavy atom. The number of aliphatic hydroxyl groups excluding tert-OH is 1. The van der Waals surface area contributed by atoms with Gasteiger partial charge in [0.1, 0.15) is 0 Å². The maximum atomic E-state index is 9.03. The van der Waals surface area contributed by atoms with Gasteiger partial charge in [0.2, 0.25) is 0 Å². The van der Waals surface area contributed by atoms with Gasteiger partial charge in [0.05, 0.1) is 19.8 Å². The third-order valence-electron chi connectivity index (χ3n) is 2.80. The van der Waals surface area contributed by atoms with Crippen molar-refractivity contribution in [3.63, 3.8) is 0 Å². The predicted molar refractivity (Wildman–Crippen MR) is 60.1 cm³/mol. The number of aliphatic hydroxyl groups is 1. The first kappa shape index (κ1) is 10.5. The Balaban J connectivity index is 2.19. The summed E-state index contributed by atoms with van der Waals surface area (Å²) in [7, 11) is 0. The zero-order valence-corrected chi connectivity index (χ0v) is 9.07. The lowest BCUT2D eigenvalue weighted by atomic mass is 10.1. The van der Waals surface area contributed by atoms with Gasteiger partial charge >= 0.3 is 0 Å². The van der Waals surface area contributed by atoms with Gasteiger partial charge in [0.25, 0.3) is 0 Å². The van der Waals surface area contributed by atoms with Gasteiger partial charge in [-0.1, -0.05) is 12.1 Å². The Kier molecular flexibility index (Phi) is 3.23. The fraction of sp³-hybridized carbons (Fsp3) is 0.500.